The lowest BCUT2D eigenvalue weighted by Crippen LogP contribution is -2.45. The molecule has 0 atom stereocenters. The van der Waals surface area contributed by atoms with E-state index in [0.717, 1.165) is 19.6 Å². The van der Waals surface area contributed by atoms with E-state index in [-0.39, 0.29) is 5.91 Å². The maximum absolute atomic E-state index is 12.2. The Labute approximate surface area is 134 Å². The summed E-state index contributed by atoms with van der Waals surface area (Å²) in [6, 6.07) is 0.440. The molecule has 0 unspecified atom stereocenters. The summed E-state index contributed by atoms with van der Waals surface area (Å²) in [5, 5.41) is 6.80. The van der Waals surface area contributed by atoms with Crippen LogP contribution < -0.4 is 10.6 Å². The SMILES string of the molecule is O=C(CN1CCC(C2=CCCCN2)CC1)NC1CCCCC1. The molecule has 0 aromatic heterocycles. The average Bonchev–Trinajstić information content (AvgIpc) is 2.57. The molecular formula is C18H31N3O. The number of nitrogens with zero attached hydrogens (tertiary/aromatic N) is 1. The molecule has 0 bridgehead atoms. The van der Waals surface area contributed by atoms with E-state index in [9.17, 15) is 4.79 Å². The third-order valence-corrected chi connectivity index (χ3v) is 5.44. The van der Waals surface area contributed by atoms with Crippen molar-refractivity contribution in [2.45, 2.75) is 63.8 Å². The van der Waals surface area contributed by atoms with Gasteiger partial charge in [0, 0.05) is 24.2 Å². The van der Waals surface area contributed by atoms with Crippen LogP contribution in [0.5, 0.6) is 0 Å². The summed E-state index contributed by atoms with van der Waals surface area (Å²) < 4.78 is 0. The van der Waals surface area contributed by atoms with Crippen molar-refractivity contribution in [1.82, 2.24) is 15.5 Å². The highest BCUT2D eigenvalue weighted by Gasteiger charge is 2.24. The molecule has 0 spiro atoms. The fraction of sp³-hybridized carbons (Fsp3) is 0.833. The molecule has 1 aliphatic carbocycles. The first-order valence-corrected chi connectivity index (χ1v) is 9.27. The van der Waals surface area contributed by atoms with Gasteiger partial charge in [0.2, 0.25) is 5.91 Å². The van der Waals surface area contributed by atoms with Crippen molar-refractivity contribution in [3.63, 3.8) is 0 Å². The summed E-state index contributed by atoms with van der Waals surface area (Å²) in [7, 11) is 0. The number of amides is 1. The van der Waals surface area contributed by atoms with Gasteiger partial charge in [-0.1, -0.05) is 25.3 Å². The van der Waals surface area contributed by atoms with Crippen molar-refractivity contribution in [2.75, 3.05) is 26.2 Å². The Morgan fingerprint density at radius 1 is 1.14 bits per heavy atom. The lowest BCUT2D eigenvalue weighted by Gasteiger charge is -2.34. The Balaban J connectivity index is 1.37. The Morgan fingerprint density at radius 3 is 2.59 bits per heavy atom. The fourth-order valence-corrected chi connectivity index (χ4v) is 4.10. The molecule has 3 aliphatic rings. The Bertz CT molecular complexity index is 393. The van der Waals surface area contributed by atoms with Crippen LogP contribution in [0.15, 0.2) is 11.8 Å². The number of piperidine rings is 1. The molecule has 1 amide bonds. The number of carbonyl (C=O) groups excluding carboxylic acids is 1. The molecule has 0 aromatic rings. The van der Waals surface area contributed by atoms with E-state index in [2.05, 4.69) is 21.6 Å². The molecule has 1 saturated heterocycles. The largest absolute Gasteiger partial charge is 0.388 e. The third kappa shape index (κ3) is 4.48. The van der Waals surface area contributed by atoms with Crippen LogP contribution >= 0.6 is 0 Å². The molecule has 2 N–H and O–H groups in total. The van der Waals surface area contributed by atoms with Gasteiger partial charge in [-0.05, 0) is 51.6 Å². The highest BCUT2D eigenvalue weighted by molar-refractivity contribution is 5.78. The van der Waals surface area contributed by atoms with Gasteiger partial charge in [-0.2, -0.15) is 0 Å². The van der Waals surface area contributed by atoms with Gasteiger partial charge in [-0.15, -0.1) is 0 Å². The first-order chi connectivity index (χ1) is 10.8. The summed E-state index contributed by atoms with van der Waals surface area (Å²) in [5.41, 5.74) is 1.47. The van der Waals surface area contributed by atoms with Crippen LogP contribution in [0.4, 0.5) is 0 Å². The monoisotopic (exact) mass is 305 g/mol. The Hall–Kier alpha value is -1.03. The molecule has 4 nitrogen and oxygen atoms in total. The van der Waals surface area contributed by atoms with Crippen LogP contribution in [-0.2, 0) is 4.79 Å². The molecule has 2 aliphatic heterocycles. The average molecular weight is 305 g/mol. The molecule has 22 heavy (non-hydrogen) atoms. The van der Waals surface area contributed by atoms with Gasteiger partial charge in [0.25, 0.3) is 0 Å². The Morgan fingerprint density at radius 2 is 1.91 bits per heavy atom. The first kappa shape index (κ1) is 15.9. The van der Waals surface area contributed by atoms with Crippen molar-refractivity contribution in [3.05, 3.63) is 11.8 Å². The Kier molecular flexibility index (Phi) is 5.76. The van der Waals surface area contributed by atoms with Crippen molar-refractivity contribution in [2.24, 2.45) is 5.92 Å². The predicted octanol–water partition coefficient (Wildman–Crippen LogP) is 2.41. The second kappa shape index (κ2) is 8.00. The van der Waals surface area contributed by atoms with Crippen LogP contribution in [0.2, 0.25) is 0 Å². The summed E-state index contributed by atoms with van der Waals surface area (Å²) in [5.74, 6) is 0.929. The topological polar surface area (TPSA) is 44.4 Å². The van der Waals surface area contributed by atoms with Crippen molar-refractivity contribution in [3.8, 4) is 0 Å². The maximum Gasteiger partial charge on any atom is 0.234 e. The van der Waals surface area contributed by atoms with Gasteiger partial charge in [0.15, 0.2) is 0 Å². The summed E-state index contributed by atoms with van der Waals surface area (Å²) in [6.45, 7) is 3.84. The predicted molar refractivity (Wildman–Crippen MR) is 89.5 cm³/mol. The normalized spacial score (nSPS) is 25.4. The molecule has 124 valence electrons. The fourth-order valence-electron chi connectivity index (χ4n) is 4.10. The second-order valence-corrected chi connectivity index (χ2v) is 7.18. The summed E-state index contributed by atoms with van der Waals surface area (Å²) in [4.78, 5) is 14.5. The minimum absolute atomic E-state index is 0.236. The van der Waals surface area contributed by atoms with Gasteiger partial charge >= 0.3 is 0 Å². The van der Waals surface area contributed by atoms with Gasteiger partial charge in [0.1, 0.15) is 0 Å². The van der Waals surface area contributed by atoms with Gasteiger partial charge in [-0.3, -0.25) is 9.69 Å². The number of hydrogen-bond acceptors (Lipinski definition) is 3. The molecule has 0 radical (unpaired) electrons. The van der Waals surface area contributed by atoms with Crippen LogP contribution in [0.1, 0.15) is 57.8 Å². The lowest BCUT2D eigenvalue weighted by molar-refractivity contribution is -0.123. The van der Waals surface area contributed by atoms with E-state index in [1.807, 2.05) is 0 Å². The minimum atomic E-state index is 0.236. The van der Waals surface area contributed by atoms with Crippen molar-refractivity contribution < 1.29 is 4.79 Å². The van der Waals surface area contributed by atoms with E-state index in [0.29, 0.717) is 18.5 Å². The standard InChI is InChI=1S/C18H31N3O/c22-18(20-16-6-2-1-3-7-16)14-21-12-9-15(10-13-21)17-8-4-5-11-19-17/h8,15-16,19H,1-7,9-14H2,(H,20,22). The van der Waals surface area contributed by atoms with Gasteiger partial charge < -0.3 is 10.6 Å². The summed E-state index contributed by atoms with van der Waals surface area (Å²) in [6.07, 6.45) is 13.5. The van der Waals surface area contributed by atoms with E-state index in [1.54, 1.807) is 0 Å². The van der Waals surface area contributed by atoms with Crippen molar-refractivity contribution >= 4 is 5.91 Å². The highest BCUT2D eigenvalue weighted by Crippen LogP contribution is 2.25. The number of likely N-dealkylation sites (tertiary alicyclic amines) is 1. The van der Waals surface area contributed by atoms with Crippen molar-refractivity contribution in [1.29, 1.82) is 0 Å². The van der Waals surface area contributed by atoms with Crippen LogP contribution in [-0.4, -0.2) is 43.0 Å². The van der Waals surface area contributed by atoms with E-state index >= 15 is 0 Å². The lowest BCUT2D eigenvalue weighted by atomic mass is 9.91. The number of hydrogen-bond donors (Lipinski definition) is 2. The number of allylic oxidation sites excluding steroid dienone is 2. The second-order valence-electron chi connectivity index (χ2n) is 7.18. The molecule has 2 fully saturated rings. The number of rotatable bonds is 4. The number of carbonyl (C=O) groups is 1. The molecule has 0 aromatic carbocycles. The smallest absolute Gasteiger partial charge is 0.234 e. The zero-order chi connectivity index (χ0) is 15.2. The first-order valence-electron chi connectivity index (χ1n) is 9.27. The summed E-state index contributed by atoms with van der Waals surface area (Å²) >= 11 is 0. The zero-order valence-electron chi connectivity index (χ0n) is 13.8. The molecule has 3 rings (SSSR count). The minimum Gasteiger partial charge on any atom is -0.388 e. The van der Waals surface area contributed by atoms with Gasteiger partial charge in [-0.25, -0.2) is 0 Å². The molecule has 4 heteroatoms. The van der Waals surface area contributed by atoms with E-state index in [1.165, 1.54) is 63.5 Å². The number of nitrogens with one attached hydrogen (secondary N) is 2. The quantitative estimate of drug-likeness (QED) is 0.838. The third-order valence-electron chi connectivity index (χ3n) is 5.44. The molecule has 2 heterocycles. The highest BCUT2D eigenvalue weighted by atomic mass is 16.2. The van der Waals surface area contributed by atoms with Crippen LogP contribution in [0, 0.1) is 5.92 Å². The zero-order valence-corrected chi connectivity index (χ0v) is 13.8. The van der Waals surface area contributed by atoms with Gasteiger partial charge in [0.05, 0.1) is 6.54 Å². The van der Waals surface area contributed by atoms with Crippen LogP contribution in [0.25, 0.3) is 0 Å². The van der Waals surface area contributed by atoms with Crippen LogP contribution in [0.3, 0.4) is 0 Å². The maximum atomic E-state index is 12.2. The molecule has 1 saturated carbocycles. The molecular weight excluding hydrogens is 274 g/mol. The van der Waals surface area contributed by atoms with E-state index < -0.39 is 0 Å². The van der Waals surface area contributed by atoms with E-state index in [4.69, 9.17) is 0 Å².